The molecule has 2 amide bonds. The van der Waals surface area contributed by atoms with Crippen LogP contribution >= 0.6 is 12.4 Å². The van der Waals surface area contributed by atoms with Gasteiger partial charge in [0.25, 0.3) is 5.91 Å². The van der Waals surface area contributed by atoms with Gasteiger partial charge in [0.05, 0.1) is 5.41 Å². The SMILES string of the molecule is CCC(CC)(CN)C(=O)N1CCN(C(=O)c2c(F)cccc2F)CC1.Cl. The number of hydrogen-bond acceptors (Lipinski definition) is 3. The van der Waals surface area contributed by atoms with Crippen LogP contribution in [-0.2, 0) is 4.79 Å². The highest BCUT2D eigenvalue weighted by molar-refractivity contribution is 5.95. The third-order valence-corrected chi connectivity index (χ3v) is 5.23. The van der Waals surface area contributed by atoms with Crippen molar-refractivity contribution in [2.24, 2.45) is 11.1 Å². The Morgan fingerprint density at radius 1 is 1.04 bits per heavy atom. The van der Waals surface area contributed by atoms with Crippen molar-refractivity contribution in [3.05, 3.63) is 35.4 Å². The quantitative estimate of drug-likeness (QED) is 0.841. The van der Waals surface area contributed by atoms with Crippen molar-refractivity contribution in [2.45, 2.75) is 26.7 Å². The van der Waals surface area contributed by atoms with Gasteiger partial charge in [-0.05, 0) is 25.0 Å². The molecule has 0 unspecified atom stereocenters. The molecule has 8 heteroatoms. The maximum absolute atomic E-state index is 13.8. The molecule has 1 aliphatic heterocycles. The van der Waals surface area contributed by atoms with Crippen LogP contribution in [0.5, 0.6) is 0 Å². The molecule has 0 spiro atoms. The Morgan fingerprint density at radius 3 is 1.92 bits per heavy atom. The summed E-state index contributed by atoms with van der Waals surface area (Å²) >= 11 is 0. The molecule has 0 radical (unpaired) electrons. The highest BCUT2D eigenvalue weighted by atomic mass is 35.5. The van der Waals surface area contributed by atoms with Gasteiger partial charge in [-0.1, -0.05) is 19.9 Å². The van der Waals surface area contributed by atoms with Crippen LogP contribution in [0.3, 0.4) is 0 Å². The van der Waals surface area contributed by atoms with Crippen molar-refractivity contribution < 1.29 is 18.4 Å². The number of nitrogens with two attached hydrogens (primary N) is 1. The maximum Gasteiger partial charge on any atom is 0.259 e. The number of amides is 2. The van der Waals surface area contributed by atoms with Gasteiger partial charge in [-0.2, -0.15) is 0 Å². The molecule has 0 saturated carbocycles. The minimum Gasteiger partial charge on any atom is -0.339 e. The Kier molecular flexibility index (Phi) is 7.96. The van der Waals surface area contributed by atoms with Crippen LogP contribution in [-0.4, -0.2) is 54.3 Å². The van der Waals surface area contributed by atoms with E-state index in [-0.39, 0.29) is 37.9 Å². The van der Waals surface area contributed by atoms with E-state index in [4.69, 9.17) is 5.73 Å². The molecule has 0 aromatic heterocycles. The number of carbonyl (C=O) groups is 2. The van der Waals surface area contributed by atoms with E-state index in [0.717, 1.165) is 12.1 Å². The summed E-state index contributed by atoms with van der Waals surface area (Å²) < 4.78 is 27.6. The fourth-order valence-electron chi connectivity index (χ4n) is 3.24. The molecule has 1 aliphatic rings. The van der Waals surface area contributed by atoms with Crippen molar-refractivity contribution >= 4 is 24.2 Å². The smallest absolute Gasteiger partial charge is 0.259 e. The second-order valence-electron chi connectivity index (χ2n) is 6.37. The summed E-state index contributed by atoms with van der Waals surface area (Å²) in [6.07, 6.45) is 1.30. The number of halogens is 3. The topological polar surface area (TPSA) is 66.6 Å². The monoisotopic (exact) mass is 389 g/mol. The van der Waals surface area contributed by atoms with E-state index < -0.39 is 28.5 Å². The Labute approximate surface area is 158 Å². The van der Waals surface area contributed by atoms with Gasteiger partial charge in [0.15, 0.2) is 0 Å². The van der Waals surface area contributed by atoms with Gasteiger partial charge in [0.1, 0.15) is 17.2 Å². The zero-order valence-corrected chi connectivity index (χ0v) is 16.0. The van der Waals surface area contributed by atoms with Gasteiger partial charge < -0.3 is 15.5 Å². The molecule has 146 valence electrons. The standard InChI is InChI=1S/C18H25F2N3O2.ClH/c1-3-18(4-2,12-21)17(25)23-10-8-22(9-11-23)16(24)15-13(19)6-5-7-14(15)20;/h5-7H,3-4,8-12,21H2,1-2H3;1H. The van der Waals surface area contributed by atoms with Crippen LogP contribution in [0.4, 0.5) is 8.78 Å². The third kappa shape index (κ3) is 4.15. The molecule has 1 aromatic rings. The molecule has 1 heterocycles. The molecule has 1 fully saturated rings. The summed E-state index contributed by atoms with van der Waals surface area (Å²) in [5.41, 5.74) is 4.71. The van der Waals surface area contributed by atoms with Crippen molar-refractivity contribution in [1.29, 1.82) is 0 Å². The van der Waals surface area contributed by atoms with Crippen LogP contribution in [0.2, 0.25) is 0 Å². The van der Waals surface area contributed by atoms with E-state index in [0.29, 0.717) is 25.9 Å². The number of hydrogen-bond donors (Lipinski definition) is 1. The first kappa shape index (κ1) is 22.3. The molecule has 2 rings (SSSR count). The zero-order chi connectivity index (χ0) is 18.6. The van der Waals surface area contributed by atoms with Gasteiger partial charge in [-0.15, -0.1) is 12.4 Å². The van der Waals surface area contributed by atoms with E-state index in [9.17, 15) is 18.4 Å². The van der Waals surface area contributed by atoms with E-state index in [1.165, 1.54) is 11.0 Å². The molecule has 2 N–H and O–H groups in total. The molecule has 1 saturated heterocycles. The summed E-state index contributed by atoms with van der Waals surface area (Å²) in [5, 5.41) is 0. The maximum atomic E-state index is 13.8. The molecule has 26 heavy (non-hydrogen) atoms. The Morgan fingerprint density at radius 2 is 1.50 bits per heavy atom. The minimum absolute atomic E-state index is 0. The zero-order valence-electron chi connectivity index (χ0n) is 15.1. The molecular weight excluding hydrogens is 364 g/mol. The number of rotatable bonds is 5. The summed E-state index contributed by atoms with van der Waals surface area (Å²) in [4.78, 5) is 28.3. The lowest BCUT2D eigenvalue weighted by Gasteiger charge is -2.40. The van der Waals surface area contributed by atoms with E-state index in [1.807, 2.05) is 13.8 Å². The lowest BCUT2D eigenvalue weighted by atomic mass is 9.81. The molecule has 1 aromatic carbocycles. The van der Waals surface area contributed by atoms with Crippen molar-refractivity contribution in [1.82, 2.24) is 9.80 Å². The molecular formula is C18H26ClF2N3O2. The second-order valence-corrected chi connectivity index (χ2v) is 6.37. The van der Waals surface area contributed by atoms with Crippen LogP contribution in [0.25, 0.3) is 0 Å². The Bertz CT molecular complexity index is 617. The van der Waals surface area contributed by atoms with Crippen molar-refractivity contribution in [3.63, 3.8) is 0 Å². The van der Waals surface area contributed by atoms with E-state index in [2.05, 4.69) is 0 Å². The van der Waals surface area contributed by atoms with Gasteiger partial charge >= 0.3 is 0 Å². The summed E-state index contributed by atoms with van der Waals surface area (Å²) in [5.74, 6) is -2.44. The van der Waals surface area contributed by atoms with Crippen LogP contribution in [0, 0.1) is 17.0 Å². The second kappa shape index (κ2) is 9.28. The summed E-state index contributed by atoms with van der Waals surface area (Å²) in [6, 6.07) is 3.35. The average Bonchev–Trinajstić information content (AvgIpc) is 2.63. The Balaban J connectivity index is 0.00000338. The number of piperazine rings is 1. The average molecular weight is 390 g/mol. The molecule has 0 bridgehead atoms. The lowest BCUT2D eigenvalue weighted by Crippen LogP contribution is -2.55. The largest absolute Gasteiger partial charge is 0.339 e. The number of benzene rings is 1. The third-order valence-electron chi connectivity index (χ3n) is 5.23. The highest BCUT2D eigenvalue weighted by Gasteiger charge is 2.38. The van der Waals surface area contributed by atoms with E-state index in [1.54, 1.807) is 4.90 Å². The predicted molar refractivity (Wildman–Crippen MR) is 98.2 cm³/mol. The number of carbonyl (C=O) groups excluding carboxylic acids is 2. The molecule has 0 atom stereocenters. The predicted octanol–water partition coefficient (Wildman–Crippen LogP) is 2.44. The van der Waals surface area contributed by atoms with Gasteiger partial charge in [-0.25, -0.2) is 8.78 Å². The fraction of sp³-hybridized carbons (Fsp3) is 0.556. The highest BCUT2D eigenvalue weighted by Crippen LogP contribution is 2.28. The Hall–Kier alpha value is -1.73. The minimum atomic E-state index is -0.873. The van der Waals surface area contributed by atoms with E-state index >= 15 is 0 Å². The van der Waals surface area contributed by atoms with Gasteiger partial charge in [-0.3, -0.25) is 9.59 Å². The molecule has 5 nitrogen and oxygen atoms in total. The summed E-state index contributed by atoms with van der Waals surface area (Å²) in [7, 11) is 0. The first-order valence-corrected chi connectivity index (χ1v) is 8.63. The first-order chi connectivity index (χ1) is 11.9. The fourth-order valence-corrected chi connectivity index (χ4v) is 3.24. The van der Waals surface area contributed by atoms with Gasteiger partial charge in [0, 0.05) is 32.7 Å². The van der Waals surface area contributed by atoms with Gasteiger partial charge in [0.2, 0.25) is 5.91 Å². The van der Waals surface area contributed by atoms with Crippen LogP contribution < -0.4 is 5.73 Å². The lowest BCUT2D eigenvalue weighted by molar-refractivity contribution is -0.143. The number of nitrogens with zero attached hydrogens (tertiary/aromatic N) is 2. The molecule has 0 aliphatic carbocycles. The van der Waals surface area contributed by atoms with Crippen molar-refractivity contribution in [2.75, 3.05) is 32.7 Å². The van der Waals surface area contributed by atoms with Crippen LogP contribution in [0.15, 0.2) is 18.2 Å². The normalized spacial score (nSPS) is 14.8. The first-order valence-electron chi connectivity index (χ1n) is 8.63. The summed E-state index contributed by atoms with van der Waals surface area (Å²) in [6.45, 7) is 5.31. The van der Waals surface area contributed by atoms with Crippen molar-refractivity contribution in [3.8, 4) is 0 Å². The van der Waals surface area contributed by atoms with Crippen LogP contribution in [0.1, 0.15) is 37.0 Å².